The Hall–Kier alpha value is -0.673. The first kappa shape index (κ1) is 25.4. The smallest absolute Gasteiger partial charge is 0.413 e. The van der Waals surface area contributed by atoms with Gasteiger partial charge in [-0.3, -0.25) is 5.32 Å². The second kappa shape index (κ2) is 9.43. The van der Waals surface area contributed by atoms with Crippen molar-refractivity contribution in [2.75, 3.05) is 11.9 Å². The fourth-order valence-corrected chi connectivity index (χ4v) is 6.42. The lowest BCUT2D eigenvalue weighted by Crippen LogP contribution is -2.47. The summed E-state index contributed by atoms with van der Waals surface area (Å²) in [6.07, 6.45) is 0.778. The normalized spacial score (nSPS) is 15.4. The molecule has 0 bridgehead atoms. The maximum Gasteiger partial charge on any atom is 0.413 e. The highest BCUT2D eigenvalue weighted by atomic mass is 35.5. The molecule has 9 heteroatoms. The number of nitrogens with one attached hydrogen (secondary N) is 1. The molecule has 162 valence electrons. The number of carbonyl (C=O) groups is 1. The van der Waals surface area contributed by atoms with Crippen molar-refractivity contribution in [2.24, 2.45) is 11.7 Å². The Morgan fingerprint density at radius 3 is 2.36 bits per heavy atom. The lowest BCUT2D eigenvalue weighted by Gasteiger charge is -2.44. The molecule has 0 saturated heterocycles. The molecule has 2 atom stereocenters. The number of hydrogen-bond acceptors (Lipinski definition) is 6. The molecule has 1 aromatic rings. The molecule has 0 unspecified atom stereocenters. The van der Waals surface area contributed by atoms with Crippen LogP contribution in [0.15, 0.2) is 6.20 Å². The van der Waals surface area contributed by atoms with Crippen molar-refractivity contribution in [1.82, 2.24) is 4.98 Å². The number of nitrogens with two attached hydrogens (primary N) is 1. The number of aromatic nitrogens is 1. The van der Waals surface area contributed by atoms with Crippen LogP contribution in [-0.4, -0.2) is 36.9 Å². The lowest BCUT2D eigenvalue weighted by atomic mass is 9.99. The van der Waals surface area contributed by atoms with Gasteiger partial charge in [0, 0.05) is 12.7 Å². The number of nitrogens with zero attached hydrogens (tertiary/aromatic N) is 1. The summed E-state index contributed by atoms with van der Waals surface area (Å²) in [4.78, 5) is 17.1. The summed E-state index contributed by atoms with van der Waals surface area (Å²) < 4.78 is 11.9. The van der Waals surface area contributed by atoms with E-state index in [1.165, 1.54) is 11.3 Å². The SMILES string of the molecule is CC(C)C(C)(C)[Si](C)(C)O[C@@H](c1cnc(NC(=O)OC(C)(C)C)s1)[C@@H](Cl)CN. The number of rotatable bonds is 8. The number of ether oxygens (including phenoxy) is 1. The number of hydrogen-bond donors (Lipinski definition) is 2. The van der Waals surface area contributed by atoms with E-state index in [0.29, 0.717) is 11.0 Å². The Morgan fingerprint density at radius 2 is 1.89 bits per heavy atom. The number of thiazole rings is 1. The maximum atomic E-state index is 12.0. The van der Waals surface area contributed by atoms with E-state index < -0.39 is 20.0 Å². The van der Waals surface area contributed by atoms with Gasteiger partial charge in [-0.05, 0) is 44.8 Å². The van der Waals surface area contributed by atoms with Crippen LogP contribution in [0.5, 0.6) is 0 Å². The van der Waals surface area contributed by atoms with Gasteiger partial charge in [-0.1, -0.05) is 39.0 Å². The molecule has 1 rings (SSSR count). The fraction of sp³-hybridized carbons (Fsp3) is 0.789. The van der Waals surface area contributed by atoms with Crippen LogP contribution in [0.2, 0.25) is 18.1 Å². The summed E-state index contributed by atoms with van der Waals surface area (Å²) in [5.41, 5.74) is 5.28. The van der Waals surface area contributed by atoms with Crippen molar-refractivity contribution in [3.8, 4) is 0 Å². The standard InChI is InChI=1S/C19H36ClN3O3SSi/c1-12(2)19(6,7)28(8,9)26-15(13(20)10-21)14-11-22-16(27-14)23-17(24)25-18(3,4)5/h11-13,15H,10,21H2,1-9H3,(H,22,23,24)/t13-,15+/m0/s1. The van der Waals surface area contributed by atoms with E-state index in [1.54, 1.807) is 6.20 Å². The minimum atomic E-state index is -2.15. The molecule has 1 amide bonds. The van der Waals surface area contributed by atoms with Gasteiger partial charge in [-0.15, -0.1) is 11.6 Å². The van der Waals surface area contributed by atoms with Gasteiger partial charge >= 0.3 is 6.09 Å². The van der Waals surface area contributed by atoms with E-state index in [2.05, 4.69) is 51.1 Å². The first-order chi connectivity index (χ1) is 12.6. The zero-order valence-corrected chi connectivity index (χ0v) is 21.1. The Kier molecular flexibility index (Phi) is 8.54. The zero-order chi connectivity index (χ0) is 21.9. The zero-order valence-electron chi connectivity index (χ0n) is 18.6. The third-order valence-corrected chi connectivity index (χ3v) is 11.3. The molecular weight excluding hydrogens is 414 g/mol. The Balaban J connectivity index is 3.04. The van der Waals surface area contributed by atoms with Gasteiger partial charge in [-0.2, -0.15) is 0 Å². The monoisotopic (exact) mass is 449 g/mol. The molecule has 0 radical (unpaired) electrons. The molecule has 28 heavy (non-hydrogen) atoms. The van der Waals surface area contributed by atoms with Crippen LogP contribution in [0, 0.1) is 5.92 Å². The molecular formula is C19H36ClN3O3SSi. The fourth-order valence-electron chi connectivity index (χ4n) is 2.47. The summed E-state index contributed by atoms with van der Waals surface area (Å²) >= 11 is 7.88. The van der Waals surface area contributed by atoms with Gasteiger partial charge in [0.25, 0.3) is 0 Å². The van der Waals surface area contributed by atoms with E-state index in [1.807, 2.05) is 20.8 Å². The highest BCUT2D eigenvalue weighted by Crippen LogP contribution is 2.47. The van der Waals surface area contributed by atoms with Gasteiger partial charge in [0.2, 0.25) is 0 Å². The molecule has 0 fully saturated rings. The van der Waals surface area contributed by atoms with Crippen molar-refractivity contribution in [3.05, 3.63) is 11.1 Å². The Morgan fingerprint density at radius 1 is 1.32 bits per heavy atom. The third-order valence-electron chi connectivity index (χ3n) is 5.38. The van der Waals surface area contributed by atoms with Crippen molar-refractivity contribution < 1.29 is 14.0 Å². The largest absolute Gasteiger partial charge is 0.444 e. The molecule has 0 spiro atoms. The topological polar surface area (TPSA) is 86.5 Å². The Labute approximate surface area is 179 Å². The van der Waals surface area contributed by atoms with Crippen LogP contribution in [0.3, 0.4) is 0 Å². The summed E-state index contributed by atoms with van der Waals surface area (Å²) in [6.45, 7) is 19.1. The quantitative estimate of drug-likeness (QED) is 0.389. The third kappa shape index (κ3) is 6.69. The van der Waals surface area contributed by atoms with Crippen LogP contribution in [0.1, 0.15) is 59.4 Å². The van der Waals surface area contributed by atoms with Crippen molar-refractivity contribution >= 4 is 42.5 Å². The average molecular weight is 450 g/mol. The highest BCUT2D eigenvalue weighted by Gasteiger charge is 2.46. The summed E-state index contributed by atoms with van der Waals surface area (Å²) in [5, 5.41) is 2.77. The minimum Gasteiger partial charge on any atom is -0.444 e. The second-order valence-corrected chi connectivity index (χ2v) is 15.5. The number of carbonyl (C=O) groups excluding carboxylic acids is 1. The molecule has 0 aliphatic carbocycles. The van der Waals surface area contributed by atoms with Gasteiger partial charge < -0.3 is 14.9 Å². The average Bonchev–Trinajstić information content (AvgIpc) is 2.97. The number of halogens is 1. The van der Waals surface area contributed by atoms with Gasteiger partial charge in [0.1, 0.15) is 5.60 Å². The highest BCUT2D eigenvalue weighted by molar-refractivity contribution is 7.15. The van der Waals surface area contributed by atoms with Gasteiger partial charge in [0.15, 0.2) is 13.4 Å². The van der Waals surface area contributed by atoms with E-state index in [-0.39, 0.29) is 23.1 Å². The van der Waals surface area contributed by atoms with E-state index >= 15 is 0 Å². The second-order valence-electron chi connectivity index (χ2n) is 9.37. The molecule has 3 N–H and O–H groups in total. The van der Waals surface area contributed by atoms with Gasteiger partial charge in [-0.25, -0.2) is 9.78 Å². The van der Waals surface area contributed by atoms with Crippen LogP contribution < -0.4 is 11.1 Å². The number of alkyl halides is 1. The van der Waals surface area contributed by atoms with E-state index in [4.69, 9.17) is 26.5 Å². The molecule has 1 heterocycles. The van der Waals surface area contributed by atoms with Crippen LogP contribution in [0.25, 0.3) is 0 Å². The lowest BCUT2D eigenvalue weighted by molar-refractivity contribution is 0.0636. The van der Waals surface area contributed by atoms with Crippen molar-refractivity contribution in [1.29, 1.82) is 0 Å². The molecule has 0 aliphatic heterocycles. The van der Waals surface area contributed by atoms with Crippen LogP contribution >= 0.6 is 22.9 Å². The van der Waals surface area contributed by atoms with E-state index in [0.717, 1.165) is 4.88 Å². The first-order valence-electron chi connectivity index (χ1n) is 9.58. The summed E-state index contributed by atoms with van der Waals surface area (Å²) in [5.74, 6) is 0.465. The van der Waals surface area contributed by atoms with Crippen LogP contribution in [0.4, 0.5) is 9.93 Å². The Bertz CT molecular complexity index is 659. The molecule has 0 saturated carbocycles. The summed E-state index contributed by atoms with van der Waals surface area (Å²) in [6, 6.07) is 0. The first-order valence-corrected chi connectivity index (χ1v) is 13.7. The molecule has 0 aromatic carbocycles. The van der Waals surface area contributed by atoms with Crippen molar-refractivity contribution in [3.63, 3.8) is 0 Å². The minimum absolute atomic E-state index is 0.0404. The maximum absolute atomic E-state index is 12.0. The molecule has 1 aromatic heterocycles. The number of amides is 1. The number of anilines is 1. The van der Waals surface area contributed by atoms with Crippen LogP contribution in [-0.2, 0) is 9.16 Å². The molecule has 6 nitrogen and oxygen atoms in total. The van der Waals surface area contributed by atoms with Crippen molar-refractivity contribution in [2.45, 2.75) is 83.7 Å². The molecule has 0 aliphatic rings. The van der Waals surface area contributed by atoms with Gasteiger partial charge in [0.05, 0.1) is 16.4 Å². The predicted octanol–water partition coefficient (Wildman–Crippen LogP) is 5.76. The predicted molar refractivity (Wildman–Crippen MR) is 121 cm³/mol. The summed E-state index contributed by atoms with van der Waals surface area (Å²) in [7, 11) is -2.15. The van der Waals surface area contributed by atoms with E-state index in [9.17, 15) is 4.79 Å².